The standard InChI is InChI=1S/C23H21N3O2/c24-13-6-14-25-23(28)21(16-26-22(27)18-8-2-1-3-9-18)20-12-11-17-7-4-5-10-19(17)15-20/h1-5,7-12,15,21H,6,14,16H2,(H,25,28)(H,26,27). The Morgan fingerprint density at radius 3 is 2.36 bits per heavy atom. The van der Waals surface area contributed by atoms with E-state index in [4.69, 9.17) is 5.26 Å². The number of nitrogens with zero attached hydrogens (tertiary/aromatic N) is 1. The van der Waals surface area contributed by atoms with E-state index in [1.54, 1.807) is 24.3 Å². The largest absolute Gasteiger partial charge is 0.354 e. The van der Waals surface area contributed by atoms with Crippen molar-refractivity contribution in [3.05, 3.63) is 83.9 Å². The number of rotatable bonds is 7. The Bertz CT molecular complexity index is 1010. The van der Waals surface area contributed by atoms with E-state index in [0.717, 1.165) is 16.3 Å². The average molecular weight is 371 g/mol. The molecule has 0 aromatic heterocycles. The molecular formula is C23H21N3O2. The molecule has 140 valence electrons. The highest BCUT2D eigenvalue weighted by atomic mass is 16.2. The van der Waals surface area contributed by atoms with Gasteiger partial charge in [0.15, 0.2) is 0 Å². The van der Waals surface area contributed by atoms with Crippen molar-refractivity contribution >= 4 is 22.6 Å². The van der Waals surface area contributed by atoms with Gasteiger partial charge < -0.3 is 10.6 Å². The van der Waals surface area contributed by atoms with E-state index in [-0.39, 0.29) is 31.3 Å². The predicted molar refractivity (Wildman–Crippen MR) is 109 cm³/mol. The van der Waals surface area contributed by atoms with E-state index in [1.807, 2.05) is 54.6 Å². The lowest BCUT2D eigenvalue weighted by Gasteiger charge is -2.18. The molecular weight excluding hydrogens is 350 g/mol. The van der Waals surface area contributed by atoms with E-state index < -0.39 is 5.92 Å². The maximum absolute atomic E-state index is 12.7. The molecule has 3 rings (SSSR count). The van der Waals surface area contributed by atoms with Crippen molar-refractivity contribution in [2.75, 3.05) is 13.1 Å². The van der Waals surface area contributed by atoms with Gasteiger partial charge in [0.25, 0.3) is 5.91 Å². The van der Waals surface area contributed by atoms with Crippen LogP contribution in [-0.2, 0) is 4.79 Å². The summed E-state index contributed by atoms with van der Waals surface area (Å²) in [5, 5.41) is 16.4. The lowest BCUT2D eigenvalue weighted by molar-refractivity contribution is -0.122. The first-order valence-electron chi connectivity index (χ1n) is 9.15. The number of nitriles is 1. The summed E-state index contributed by atoms with van der Waals surface area (Å²) >= 11 is 0. The first-order chi connectivity index (χ1) is 13.7. The topological polar surface area (TPSA) is 82.0 Å². The molecule has 5 nitrogen and oxygen atoms in total. The lowest BCUT2D eigenvalue weighted by atomic mass is 9.95. The van der Waals surface area contributed by atoms with Gasteiger partial charge in [-0.2, -0.15) is 5.26 Å². The summed E-state index contributed by atoms with van der Waals surface area (Å²) in [6.45, 7) is 0.455. The van der Waals surface area contributed by atoms with E-state index in [1.165, 1.54) is 0 Å². The number of amides is 2. The SMILES string of the molecule is N#CCCNC(=O)C(CNC(=O)c1ccccc1)c1ccc2ccccc2c1. The Morgan fingerprint density at radius 1 is 0.893 bits per heavy atom. The monoisotopic (exact) mass is 371 g/mol. The number of carbonyl (C=O) groups is 2. The van der Waals surface area contributed by atoms with Gasteiger partial charge >= 0.3 is 0 Å². The van der Waals surface area contributed by atoms with E-state index in [9.17, 15) is 9.59 Å². The Balaban J connectivity index is 1.80. The van der Waals surface area contributed by atoms with Crippen molar-refractivity contribution in [2.24, 2.45) is 0 Å². The molecule has 0 saturated heterocycles. The van der Waals surface area contributed by atoms with Crippen LogP contribution in [-0.4, -0.2) is 24.9 Å². The molecule has 3 aromatic rings. The van der Waals surface area contributed by atoms with Crippen molar-refractivity contribution in [3.63, 3.8) is 0 Å². The first kappa shape index (κ1) is 19.1. The fourth-order valence-electron chi connectivity index (χ4n) is 3.04. The van der Waals surface area contributed by atoms with Gasteiger partial charge in [-0.25, -0.2) is 0 Å². The second-order valence-corrected chi connectivity index (χ2v) is 6.43. The van der Waals surface area contributed by atoms with Crippen LogP contribution in [0.5, 0.6) is 0 Å². The number of hydrogen-bond acceptors (Lipinski definition) is 3. The molecule has 0 aliphatic heterocycles. The van der Waals surface area contributed by atoms with Gasteiger partial charge in [-0.15, -0.1) is 0 Å². The number of fused-ring (bicyclic) bond motifs is 1. The molecule has 0 saturated carbocycles. The molecule has 0 radical (unpaired) electrons. The van der Waals surface area contributed by atoms with Crippen molar-refractivity contribution in [1.82, 2.24) is 10.6 Å². The summed E-state index contributed by atoms with van der Waals surface area (Å²) in [5.74, 6) is -0.980. The summed E-state index contributed by atoms with van der Waals surface area (Å²) in [6.07, 6.45) is 0.243. The van der Waals surface area contributed by atoms with Gasteiger partial charge in [-0.1, -0.05) is 60.7 Å². The number of carbonyl (C=O) groups excluding carboxylic acids is 2. The van der Waals surface area contributed by atoms with Crippen LogP contribution in [0.25, 0.3) is 10.8 Å². The van der Waals surface area contributed by atoms with Crippen LogP contribution in [0.2, 0.25) is 0 Å². The maximum atomic E-state index is 12.7. The Hall–Kier alpha value is -3.65. The minimum atomic E-state index is -0.545. The van der Waals surface area contributed by atoms with Crippen LogP contribution in [0.1, 0.15) is 28.3 Å². The van der Waals surface area contributed by atoms with E-state index in [2.05, 4.69) is 10.6 Å². The van der Waals surface area contributed by atoms with Crippen molar-refractivity contribution in [1.29, 1.82) is 5.26 Å². The van der Waals surface area contributed by atoms with Crippen LogP contribution in [0, 0.1) is 11.3 Å². The Morgan fingerprint density at radius 2 is 1.61 bits per heavy atom. The Kier molecular flexibility index (Phi) is 6.37. The highest BCUT2D eigenvalue weighted by Crippen LogP contribution is 2.22. The van der Waals surface area contributed by atoms with Crippen molar-refractivity contribution < 1.29 is 9.59 Å². The maximum Gasteiger partial charge on any atom is 0.251 e. The number of nitrogens with one attached hydrogen (secondary N) is 2. The molecule has 2 N–H and O–H groups in total. The normalized spacial score (nSPS) is 11.4. The number of hydrogen-bond donors (Lipinski definition) is 2. The quantitative estimate of drug-likeness (QED) is 0.625. The van der Waals surface area contributed by atoms with Gasteiger partial charge in [0.2, 0.25) is 5.91 Å². The van der Waals surface area contributed by atoms with Crippen molar-refractivity contribution in [3.8, 4) is 6.07 Å². The zero-order valence-corrected chi connectivity index (χ0v) is 15.4. The molecule has 0 aliphatic carbocycles. The van der Waals surface area contributed by atoms with Crippen LogP contribution >= 0.6 is 0 Å². The van der Waals surface area contributed by atoms with Crippen LogP contribution in [0.4, 0.5) is 0 Å². The highest BCUT2D eigenvalue weighted by Gasteiger charge is 2.22. The molecule has 3 aromatic carbocycles. The zero-order chi connectivity index (χ0) is 19.8. The number of benzene rings is 3. The predicted octanol–water partition coefficient (Wildman–Crippen LogP) is 3.38. The van der Waals surface area contributed by atoms with Gasteiger partial charge in [0.05, 0.1) is 18.4 Å². The molecule has 0 bridgehead atoms. The van der Waals surface area contributed by atoms with Crippen LogP contribution < -0.4 is 10.6 Å². The zero-order valence-electron chi connectivity index (χ0n) is 15.4. The highest BCUT2D eigenvalue weighted by molar-refractivity contribution is 5.95. The third-order valence-corrected chi connectivity index (χ3v) is 4.53. The van der Waals surface area contributed by atoms with Crippen LogP contribution in [0.3, 0.4) is 0 Å². The summed E-state index contributed by atoms with van der Waals surface area (Å²) in [7, 11) is 0. The summed E-state index contributed by atoms with van der Waals surface area (Å²) in [5.41, 5.74) is 1.37. The fraction of sp³-hybridized carbons (Fsp3) is 0.174. The van der Waals surface area contributed by atoms with E-state index in [0.29, 0.717) is 5.56 Å². The minimum Gasteiger partial charge on any atom is -0.354 e. The molecule has 0 aliphatic rings. The van der Waals surface area contributed by atoms with E-state index >= 15 is 0 Å². The van der Waals surface area contributed by atoms with Gasteiger partial charge in [0, 0.05) is 18.7 Å². The minimum absolute atomic E-state index is 0.171. The Labute approximate surface area is 164 Å². The third kappa shape index (κ3) is 4.74. The molecule has 0 heterocycles. The van der Waals surface area contributed by atoms with Gasteiger partial charge in [-0.3, -0.25) is 9.59 Å². The molecule has 0 spiro atoms. The second-order valence-electron chi connectivity index (χ2n) is 6.43. The molecule has 0 fully saturated rings. The molecule has 1 unspecified atom stereocenters. The average Bonchev–Trinajstić information content (AvgIpc) is 2.74. The molecule has 2 amide bonds. The molecule has 1 atom stereocenters. The van der Waals surface area contributed by atoms with Crippen LogP contribution in [0.15, 0.2) is 72.8 Å². The summed E-state index contributed by atoms with van der Waals surface area (Å²) in [4.78, 5) is 25.1. The lowest BCUT2D eigenvalue weighted by Crippen LogP contribution is -2.37. The van der Waals surface area contributed by atoms with Gasteiger partial charge in [0.1, 0.15) is 0 Å². The first-order valence-corrected chi connectivity index (χ1v) is 9.15. The van der Waals surface area contributed by atoms with Gasteiger partial charge in [-0.05, 0) is 28.5 Å². The third-order valence-electron chi connectivity index (χ3n) is 4.53. The fourth-order valence-corrected chi connectivity index (χ4v) is 3.04. The smallest absolute Gasteiger partial charge is 0.251 e. The summed E-state index contributed by atoms with van der Waals surface area (Å²) < 4.78 is 0. The summed E-state index contributed by atoms with van der Waals surface area (Å²) in [6, 6.07) is 24.7. The van der Waals surface area contributed by atoms with Crippen molar-refractivity contribution in [2.45, 2.75) is 12.3 Å². The molecule has 5 heteroatoms. The second kappa shape index (κ2) is 9.33. The molecule has 28 heavy (non-hydrogen) atoms.